The number of esters is 1. The highest BCUT2D eigenvalue weighted by atomic mass is 16.5. The molecule has 0 saturated carbocycles. The van der Waals surface area contributed by atoms with E-state index in [0.29, 0.717) is 24.3 Å². The van der Waals surface area contributed by atoms with Crippen LogP contribution in [0.1, 0.15) is 17.3 Å². The van der Waals surface area contributed by atoms with E-state index in [4.69, 9.17) is 5.73 Å². The van der Waals surface area contributed by atoms with Crippen LogP contribution in [0.2, 0.25) is 0 Å². The Hall–Kier alpha value is -2.31. The number of nitrogens with two attached hydrogens (primary N) is 1. The number of methoxy groups -OCH3 is 1. The molecule has 0 atom stereocenters. The molecule has 98 valence electrons. The Morgan fingerprint density at radius 3 is 2.78 bits per heavy atom. The van der Waals surface area contributed by atoms with Crippen molar-refractivity contribution in [3.63, 3.8) is 0 Å². The normalized spacial score (nSPS) is 9.67. The molecule has 1 aromatic rings. The van der Waals surface area contributed by atoms with Crippen LogP contribution in [-0.2, 0) is 9.53 Å². The third-order valence-electron chi connectivity index (χ3n) is 2.14. The van der Waals surface area contributed by atoms with E-state index >= 15 is 0 Å². The van der Waals surface area contributed by atoms with Gasteiger partial charge in [0.05, 0.1) is 24.6 Å². The van der Waals surface area contributed by atoms with Gasteiger partial charge >= 0.3 is 5.97 Å². The van der Waals surface area contributed by atoms with E-state index in [-0.39, 0.29) is 11.7 Å². The van der Waals surface area contributed by atoms with Crippen LogP contribution in [0.25, 0.3) is 0 Å². The molecule has 0 aliphatic heterocycles. The fourth-order valence-corrected chi connectivity index (χ4v) is 1.33. The van der Waals surface area contributed by atoms with Crippen LogP contribution in [0, 0.1) is 0 Å². The Labute approximate surface area is 105 Å². The van der Waals surface area contributed by atoms with Crippen LogP contribution in [0.3, 0.4) is 0 Å². The molecule has 1 rings (SSSR count). The van der Waals surface area contributed by atoms with Crippen LogP contribution < -0.4 is 16.4 Å². The molecule has 0 saturated heterocycles. The lowest BCUT2D eigenvalue weighted by molar-refractivity contribution is -0.118. The third kappa shape index (κ3) is 3.93. The molecule has 0 aliphatic carbocycles. The second-order valence-corrected chi connectivity index (χ2v) is 3.56. The molecular formula is C11H16N4O3. The van der Waals surface area contributed by atoms with E-state index in [9.17, 15) is 9.59 Å². The fraction of sp³-hybridized carbons (Fsp3) is 0.364. The number of hydrogen-bond acceptors (Lipinski definition) is 6. The van der Waals surface area contributed by atoms with Gasteiger partial charge in [-0.1, -0.05) is 0 Å². The number of hydrogen-bond donors (Lipinski definition) is 3. The highest BCUT2D eigenvalue weighted by molar-refractivity contribution is 5.96. The molecule has 1 amide bonds. The summed E-state index contributed by atoms with van der Waals surface area (Å²) in [6.07, 6.45) is 1.45. The van der Waals surface area contributed by atoms with Gasteiger partial charge in [0.25, 0.3) is 0 Å². The number of aromatic nitrogens is 1. The topological polar surface area (TPSA) is 106 Å². The predicted molar refractivity (Wildman–Crippen MR) is 67.2 cm³/mol. The first-order valence-corrected chi connectivity index (χ1v) is 5.36. The van der Waals surface area contributed by atoms with Crippen molar-refractivity contribution in [2.24, 2.45) is 0 Å². The lowest BCUT2D eigenvalue weighted by Gasteiger charge is -2.10. The minimum absolute atomic E-state index is 0.111. The van der Waals surface area contributed by atoms with Crippen LogP contribution in [-0.4, -0.2) is 37.1 Å². The van der Waals surface area contributed by atoms with Gasteiger partial charge < -0.3 is 21.1 Å². The Morgan fingerprint density at radius 2 is 2.17 bits per heavy atom. The van der Waals surface area contributed by atoms with Crippen LogP contribution in [0.5, 0.6) is 0 Å². The summed E-state index contributed by atoms with van der Waals surface area (Å²) in [5.41, 5.74) is 6.34. The van der Waals surface area contributed by atoms with Crippen molar-refractivity contribution in [1.82, 2.24) is 10.3 Å². The molecule has 7 heteroatoms. The van der Waals surface area contributed by atoms with Gasteiger partial charge in [0.15, 0.2) is 0 Å². The molecule has 7 nitrogen and oxygen atoms in total. The summed E-state index contributed by atoms with van der Waals surface area (Å²) in [6.45, 7) is 2.35. The summed E-state index contributed by atoms with van der Waals surface area (Å²) in [7, 11) is 1.29. The summed E-state index contributed by atoms with van der Waals surface area (Å²) in [5.74, 6) is -0.366. The lowest BCUT2D eigenvalue weighted by atomic mass is 10.2. The summed E-state index contributed by atoms with van der Waals surface area (Å²) < 4.78 is 4.64. The largest absolute Gasteiger partial charge is 0.465 e. The first-order valence-electron chi connectivity index (χ1n) is 5.36. The molecule has 0 aliphatic rings. The van der Waals surface area contributed by atoms with Crippen LogP contribution in [0.4, 0.5) is 11.5 Å². The Balaban J connectivity index is 2.69. The third-order valence-corrected chi connectivity index (χ3v) is 2.14. The van der Waals surface area contributed by atoms with E-state index in [1.807, 2.05) is 0 Å². The number of amides is 1. The standard InChI is InChI=1S/C11H16N4O3/c1-7(16)13-3-4-14-9-6-15-10(12)5-8(9)11(17)18-2/h5-6,14H,3-4H2,1-2H3,(H2,12,15)(H,13,16). The van der Waals surface area contributed by atoms with Crippen molar-refractivity contribution in [1.29, 1.82) is 0 Å². The van der Waals surface area contributed by atoms with Crippen molar-refractivity contribution < 1.29 is 14.3 Å². The number of nitrogens with one attached hydrogen (secondary N) is 2. The fourth-order valence-electron chi connectivity index (χ4n) is 1.33. The molecule has 0 unspecified atom stereocenters. The van der Waals surface area contributed by atoms with E-state index in [2.05, 4.69) is 20.4 Å². The number of nitrogen functional groups attached to an aromatic ring is 1. The highest BCUT2D eigenvalue weighted by Gasteiger charge is 2.12. The molecule has 18 heavy (non-hydrogen) atoms. The number of ether oxygens (including phenoxy) is 1. The Bertz CT molecular complexity index is 448. The summed E-state index contributed by atoms with van der Waals surface area (Å²) in [6, 6.07) is 1.44. The molecule has 1 aromatic heterocycles. The molecule has 0 bridgehead atoms. The number of anilines is 2. The van der Waals surface area contributed by atoms with Gasteiger partial charge in [-0.25, -0.2) is 9.78 Å². The molecule has 0 spiro atoms. The molecule has 0 fully saturated rings. The van der Waals surface area contributed by atoms with E-state index < -0.39 is 5.97 Å². The zero-order chi connectivity index (χ0) is 13.5. The number of carbonyl (C=O) groups is 2. The van der Waals surface area contributed by atoms with E-state index in [0.717, 1.165) is 0 Å². The van der Waals surface area contributed by atoms with Crippen molar-refractivity contribution in [3.05, 3.63) is 17.8 Å². The maximum atomic E-state index is 11.5. The van der Waals surface area contributed by atoms with Gasteiger partial charge in [0.2, 0.25) is 5.91 Å². The van der Waals surface area contributed by atoms with Crippen molar-refractivity contribution in [2.75, 3.05) is 31.2 Å². The predicted octanol–water partition coefficient (Wildman–Crippen LogP) is -0.00160. The lowest BCUT2D eigenvalue weighted by Crippen LogP contribution is -2.26. The highest BCUT2D eigenvalue weighted by Crippen LogP contribution is 2.17. The van der Waals surface area contributed by atoms with E-state index in [1.165, 1.54) is 26.3 Å². The van der Waals surface area contributed by atoms with Gasteiger partial charge in [0, 0.05) is 20.0 Å². The Morgan fingerprint density at radius 1 is 1.44 bits per heavy atom. The van der Waals surface area contributed by atoms with Gasteiger partial charge in [-0.15, -0.1) is 0 Å². The monoisotopic (exact) mass is 252 g/mol. The second-order valence-electron chi connectivity index (χ2n) is 3.56. The first-order chi connectivity index (χ1) is 8.54. The number of pyridine rings is 1. The first kappa shape index (κ1) is 13.8. The molecule has 4 N–H and O–H groups in total. The minimum atomic E-state index is -0.494. The smallest absolute Gasteiger partial charge is 0.340 e. The molecular weight excluding hydrogens is 236 g/mol. The van der Waals surface area contributed by atoms with Gasteiger partial charge in [-0.05, 0) is 6.07 Å². The maximum absolute atomic E-state index is 11.5. The number of nitrogens with zero attached hydrogens (tertiary/aromatic N) is 1. The quantitative estimate of drug-likeness (QED) is 0.503. The maximum Gasteiger partial charge on any atom is 0.340 e. The van der Waals surface area contributed by atoms with Crippen LogP contribution >= 0.6 is 0 Å². The molecule has 1 heterocycles. The zero-order valence-electron chi connectivity index (χ0n) is 10.3. The van der Waals surface area contributed by atoms with Gasteiger partial charge in [0.1, 0.15) is 5.82 Å². The number of carbonyl (C=O) groups excluding carboxylic acids is 2. The number of rotatable bonds is 5. The molecule has 0 aromatic carbocycles. The van der Waals surface area contributed by atoms with Crippen molar-refractivity contribution in [3.8, 4) is 0 Å². The van der Waals surface area contributed by atoms with Crippen molar-refractivity contribution >= 4 is 23.4 Å². The SMILES string of the molecule is COC(=O)c1cc(N)ncc1NCCNC(C)=O. The summed E-state index contributed by atoms with van der Waals surface area (Å²) in [5, 5.41) is 5.60. The minimum Gasteiger partial charge on any atom is -0.465 e. The van der Waals surface area contributed by atoms with Crippen molar-refractivity contribution in [2.45, 2.75) is 6.92 Å². The summed E-state index contributed by atoms with van der Waals surface area (Å²) in [4.78, 5) is 26.1. The average molecular weight is 252 g/mol. The summed E-state index contributed by atoms with van der Waals surface area (Å²) >= 11 is 0. The van der Waals surface area contributed by atoms with Crippen LogP contribution in [0.15, 0.2) is 12.3 Å². The van der Waals surface area contributed by atoms with Gasteiger partial charge in [-0.2, -0.15) is 0 Å². The van der Waals surface area contributed by atoms with Gasteiger partial charge in [-0.3, -0.25) is 4.79 Å². The second kappa shape index (κ2) is 6.43. The average Bonchev–Trinajstić information content (AvgIpc) is 2.34. The molecule has 0 radical (unpaired) electrons. The zero-order valence-corrected chi connectivity index (χ0v) is 10.3. The van der Waals surface area contributed by atoms with E-state index in [1.54, 1.807) is 0 Å². The Kier molecular flexibility index (Phi) is 4.91.